The Labute approximate surface area is 76.5 Å². The summed E-state index contributed by atoms with van der Waals surface area (Å²) in [6, 6.07) is 9.32. The minimum atomic E-state index is 0.189. The molecule has 0 aliphatic carbocycles. The fourth-order valence-corrected chi connectivity index (χ4v) is 0.775. The lowest BCUT2D eigenvalue weighted by atomic mass is 10.3. The zero-order valence-electron chi connectivity index (χ0n) is 7.19. The largest absolute Gasteiger partial charge is 0.425 e. The van der Waals surface area contributed by atoms with Crippen LogP contribution in [0.1, 0.15) is 0 Å². The monoisotopic (exact) mass is 175 g/mol. The summed E-state index contributed by atoms with van der Waals surface area (Å²) in [5.41, 5.74) is 0. The van der Waals surface area contributed by atoms with E-state index in [1.165, 1.54) is 0 Å². The third kappa shape index (κ3) is 2.83. The molecule has 0 saturated carbocycles. The van der Waals surface area contributed by atoms with E-state index in [1.807, 2.05) is 18.2 Å². The molecule has 66 valence electrons. The fourth-order valence-electron chi connectivity index (χ4n) is 0.775. The number of rotatable bonds is 1. The van der Waals surface area contributed by atoms with E-state index >= 15 is 0 Å². The van der Waals surface area contributed by atoms with Crippen molar-refractivity contribution in [3.8, 4) is 11.9 Å². The summed E-state index contributed by atoms with van der Waals surface area (Å²) in [7, 11) is 1.54. The SMILES string of the molecule is C/N=C(/NC#N)Oc1ccccc1. The summed E-state index contributed by atoms with van der Waals surface area (Å²) in [5.74, 6) is 0.644. The van der Waals surface area contributed by atoms with Gasteiger partial charge in [0, 0.05) is 7.05 Å². The smallest absolute Gasteiger partial charge is 0.303 e. The molecule has 0 amide bonds. The zero-order valence-corrected chi connectivity index (χ0v) is 7.19. The maximum absolute atomic E-state index is 8.32. The molecule has 0 bridgehead atoms. The van der Waals surface area contributed by atoms with Crippen LogP contribution < -0.4 is 10.1 Å². The molecule has 0 aliphatic rings. The van der Waals surface area contributed by atoms with Crippen molar-refractivity contribution in [3.05, 3.63) is 30.3 Å². The average Bonchev–Trinajstić information content (AvgIpc) is 2.19. The molecule has 1 aromatic carbocycles. The van der Waals surface area contributed by atoms with E-state index < -0.39 is 0 Å². The Balaban J connectivity index is 2.64. The van der Waals surface area contributed by atoms with Gasteiger partial charge in [0.15, 0.2) is 6.19 Å². The van der Waals surface area contributed by atoms with Gasteiger partial charge in [-0.3, -0.25) is 0 Å². The Bertz CT molecular complexity index is 326. The molecule has 0 saturated heterocycles. The number of aliphatic imine (C=N–C) groups is 1. The van der Waals surface area contributed by atoms with E-state index in [2.05, 4.69) is 10.3 Å². The summed E-state index contributed by atoms with van der Waals surface area (Å²) < 4.78 is 5.22. The summed E-state index contributed by atoms with van der Waals surface area (Å²) in [6.45, 7) is 0. The molecule has 13 heavy (non-hydrogen) atoms. The summed E-state index contributed by atoms with van der Waals surface area (Å²) >= 11 is 0. The summed E-state index contributed by atoms with van der Waals surface area (Å²) in [5, 5.41) is 10.6. The van der Waals surface area contributed by atoms with Crippen molar-refractivity contribution in [3.63, 3.8) is 0 Å². The standard InChI is InChI=1S/C9H9N3O/c1-11-9(12-7-10)13-8-5-3-2-4-6-8/h2-6H,1H3,(H,11,12). The van der Waals surface area contributed by atoms with Crippen molar-refractivity contribution in [2.24, 2.45) is 4.99 Å². The van der Waals surface area contributed by atoms with Gasteiger partial charge in [-0.05, 0) is 12.1 Å². The Morgan fingerprint density at radius 1 is 1.46 bits per heavy atom. The molecule has 1 N–H and O–H groups in total. The van der Waals surface area contributed by atoms with E-state index in [0.717, 1.165) is 0 Å². The highest BCUT2D eigenvalue weighted by Gasteiger charge is 1.98. The van der Waals surface area contributed by atoms with Gasteiger partial charge < -0.3 is 4.74 Å². The van der Waals surface area contributed by atoms with Gasteiger partial charge in [0.2, 0.25) is 0 Å². The van der Waals surface area contributed by atoms with Gasteiger partial charge in [-0.15, -0.1) is 0 Å². The molecule has 1 aromatic rings. The van der Waals surface area contributed by atoms with Gasteiger partial charge in [-0.25, -0.2) is 10.3 Å². The molecule has 1 rings (SSSR count). The predicted octanol–water partition coefficient (Wildman–Crippen LogP) is 1.12. The normalized spacial score (nSPS) is 10.3. The Morgan fingerprint density at radius 3 is 2.69 bits per heavy atom. The number of para-hydroxylation sites is 1. The first-order valence-electron chi connectivity index (χ1n) is 3.71. The first-order chi connectivity index (χ1) is 6.36. The molecule has 0 spiro atoms. The lowest BCUT2D eigenvalue weighted by Gasteiger charge is -2.04. The van der Waals surface area contributed by atoms with Crippen molar-refractivity contribution in [1.82, 2.24) is 5.32 Å². The van der Waals surface area contributed by atoms with Crippen molar-refractivity contribution in [2.75, 3.05) is 7.05 Å². The number of hydrogen-bond acceptors (Lipinski definition) is 3. The second-order valence-electron chi connectivity index (χ2n) is 2.18. The van der Waals surface area contributed by atoms with Crippen LogP contribution >= 0.6 is 0 Å². The lowest BCUT2D eigenvalue weighted by Crippen LogP contribution is -2.23. The first kappa shape index (κ1) is 9.07. The van der Waals surface area contributed by atoms with Crippen LogP contribution in [-0.2, 0) is 0 Å². The van der Waals surface area contributed by atoms with Gasteiger partial charge in [0.1, 0.15) is 5.75 Å². The van der Waals surface area contributed by atoms with E-state index in [0.29, 0.717) is 5.75 Å². The molecule has 0 unspecified atom stereocenters. The summed E-state index contributed by atoms with van der Waals surface area (Å²) in [6.07, 6.45) is 1.73. The second-order valence-corrected chi connectivity index (χ2v) is 2.18. The van der Waals surface area contributed by atoms with Crippen LogP contribution in [0.25, 0.3) is 0 Å². The van der Waals surface area contributed by atoms with Crippen molar-refractivity contribution < 1.29 is 4.74 Å². The minimum Gasteiger partial charge on any atom is -0.425 e. The quantitative estimate of drug-likeness (QED) is 0.301. The number of hydrogen-bond donors (Lipinski definition) is 1. The molecule has 0 fully saturated rings. The first-order valence-corrected chi connectivity index (χ1v) is 3.71. The molecule has 4 nitrogen and oxygen atoms in total. The molecular formula is C9H9N3O. The van der Waals surface area contributed by atoms with Crippen LogP contribution in [0.3, 0.4) is 0 Å². The Kier molecular flexibility index (Phi) is 3.33. The number of ether oxygens (including phenoxy) is 1. The van der Waals surface area contributed by atoms with Crippen LogP contribution in [0, 0.1) is 11.5 Å². The molecule has 0 atom stereocenters. The fraction of sp³-hybridized carbons (Fsp3) is 0.111. The number of nitrogens with one attached hydrogen (secondary N) is 1. The van der Waals surface area contributed by atoms with Crippen LogP contribution in [0.2, 0.25) is 0 Å². The number of nitriles is 1. The molecule has 0 radical (unpaired) electrons. The van der Waals surface area contributed by atoms with Crippen LogP contribution in [0.5, 0.6) is 5.75 Å². The Morgan fingerprint density at radius 2 is 2.15 bits per heavy atom. The molecular weight excluding hydrogens is 166 g/mol. The van der Waals surface area contributed by atoms with Gasteiger partial charge in [0.05, 0.1) is 0 Å². The van der Waals surface area contributed by atoms with E-state index in [1.54, 1.807) is 25.4 Å². The second kappa shape index (κ2) is 4.78. The maximum atomic E-state index is 8.32. The van der Waals surface area contributed by atoms with Gasteiger partial charge >= 0.3 is 6.02 Å². The van der Waals surface area contributed by atoms with E-state index in [4.69, 9.17) is 10.00 Å². The molecule has 0 aromatic heterocycles. The number of nitrogens with zero attached hydrogens (tertiary/aromatic N) is 2. The minimum absolute atomic E-state index is 0.189. The summed E-state index contributed by atoms with van der Waals surface area (Å²) in [4.78, 5) is 3.73. The van der Waals surface area contributed by atoms with Crippen molar-refractivity contribution >= 4 is 6.02 Å². The van der Waals surface area contributed by atoms with Crippen LogP contribution in [0.4, 0.5) is 0 Å². The lowest BCUT2D eigenvalue weighted by molar-refractivity contribution is 0.529. The van der Waals surface area contributed by atoms with Crippen molar-refractivity contribution in [1.29, 1.82) is 5.26 Å². The highest BCUT2D eigenvalue weighted by molar-refractivity contribution is 5.77. The average molecular weight is 175 g/mol. The third-order valence-corrected chi connectivity index (χ3v) is 1.32. The highest BCUT2D eigenvalue weighted by atomic mass is 16.5. The topological polar surface area (TPSA) is 57.4 Å². The molecule has 0 aliphatic heterocycles. The van der Waals surface area contributed by atoms with Gasteiger partial charge in [0.25, 0.3) is 0 Å². The maximum Gasteiger partial charge on any atom is 0.303 e. The Hall–Kier alpha value is -2.02. The van der Waals surface area contributed by atoms with E-state index in [9.17, 15) is 0 Å². The molecule has 4 heteroatoms. The van der Waals surface area contributed by atoms with Crippen LogP contribution in [-0.4, -0.2) is 13.1 Å². The predicted molar refractivity (Wildman–Crippen MR) is 49.2 cm³/mol. The van der Waals surface area contributed by atoms with E-state index in [-0.39, 0.29) is 6.02 Å². The number of amidine groups is 1. The highest BCUT2D eigenvalue weighted by Crippen LogP contribution is 2.07. The van der Waals surface area contributed by atoms with Crippen LogP contribution in [0.15, 0.2) is 35.3 Å². The zero-order chi connectivity index (χ0) is 9.52. The molecule has 0 heterocycles. The number of benzene rings is 1. The van der Waals surface area contributed by atoms with Crippen molar-refractivity contribution in [2.45, 2.75) is 0 Å². The van der Waals surface area contributed by atoms with Gasteiger partial charge in [-0.2, -0.15) is 5.26 Å². The third-order valence-electron chi connectivity index (χ3n) is 1.32. The van der Waals surface area contributed by atoms with Gasteiger partial charge in [-0.1, -0.05) is 18.2 Å².